The zero-order valence-electron chi connectivity index (χ0n) is 14.3. The summed E-state index contributed by atoms with van der Waals surface area (Å²) in [6, 6.07) is 13.0. The molecule has 0 spiro atoms. The summed E-state index contributed by atoms with van der Waals surface area (Å²) in [5, 5.41) is 0.143. The number of hydrogen-bond donors (Lipinski definition) is 0. The molecule has 0 bridgehead atoms. The first-order chi connectivity index (χ1) is 11.7. The topological polar surface area (TPSA) is 63.7 Å². The van der Waals surface area contributed by atoms with Crippen molar-refractivity contribution >= 4 is 27.6 Å². The van der Waals surface area contributed by atoms with Crippen LogP contribution in [0.15, 0.2) is 53.4 Å². The Morgan fingerprint density at radius 1 is 1.16 bits per heavy atom. The van der Waals surface area contributed by atoms with Gasteiger partial charge in [-0.2, -0.15) is 4.31 Å². The third kappa shape index (κ3) is 4.60. The van der Waals surface area contributed by atoms with Gasteiger partial charge in [-0.05, 0) is 37.6 Å². The standard InChI is InChI=1S/C18H20ClNO4S/c1-13(2)20(3)25(22,23)15-9-10-17(19)16(11-15)18(21)24-12-14-7-5-4-6-8-14/h4-11,13H,12H2,1-3H3. The summed E-state index contributed by atoms with van der Waals surface area (Å²) in [5.74, 6) is -0.668. The molecule has 0 atom stereocenters. The Balaban J connectivity index is 2.25. The fraction of sp³-hybridized carbons (Fsp3) is 0.278. The zero-order valence-corrected chi connectivity index (χ0v) is 15.8. The molecule has 0 aliphatic heterocycles. The van der Waals surface area contributed by atoms with Crippen molar-refractivity contribution in [2.24, 2.45) is 0 Å². The van der Waals surface area contributed by atoms with Crippen LogP contribution >= 0.6 is 11.6 Å². The molecule has 0 aliphatic rings. The first-order valence-electron chi connectivity index (χ1n) is 7.72. The largest absolute Gasteiger partial charge is 0.457 e. The fourth-order valence-electron chi connectivity index (χ4n) is 2.07. The highest BCUT2D eigenvalue weighted by Crippen LogP contribution is 2.24. The van der Waals surface area contributed by atoms with Crippen molar-refractivity contribution in [3.05, 3.63) is 64.7 Å². The number of hydrogen-bond acceptors (Lipinski definition) is 4. The summed E-state index contributed by atoms with van der Waals surface area (Å²) in [6.07, 6.45) is 0. The number of rotatable bonds is 6. The number of esters is 1. The molecule has 7 heteroatoms. The maximum absolute atomic E-state index is 12.6. The molecule has 0 heterocycles. The van der Waals surface area contributed by atoms with Crippen molar-refractivity contribution in [3.8, 4) is 0 Å². The number of carbonyl (C=O) groups excluding carboxylic acids is 1. The first-order valence-corrected chi connectivity index (χ1v) is 9.54. The summed E-state index contributed by atoms with van der Waals surface area (Å²) in [7, 11) is -2.22. The van der Waals surface area contributed by atoms with E-state index < -0.39 is 16.0 Å². The van der Waals surface area contributed by atoms with Gasteiger partial charge < -0.3 is 4.74 Å². The van der Waals surface area contributed by atoms with E-state index in [4.69, 9.17) is 16.3 Å². The molecule has 2 aromatic rings. The van der Waals surface area contributed by atoms with Crippen molar-refractivity contribution in [3.63, 3.8) is 0 Å². The van der Waals surface area contributed by atoms with Crippen LogP contribution < -0.4 is 0 Å². The number of nitrogens with zero attached hydrogens (tertiary/aromatic N) is 1. The Hall–Kier alpha value is -1.89. The molecule has 0 N–H and O–H groups in total. The lowest BCUT2D eigenvalue weighted by atomic mass is 10.2. The summed E-state index contributed by atoms with van der Waals surface area (Å²) < 4.78 is 31.6. The monoisotopic (exact) mass is 381 g/mol. The Morgan fingerprint density at radius 2 is 1.80 bits per heavy atom. The first kappa shape index (κ1) is 19.4. The van der Waals surface area contributed by atoms with Crippen molar-refractivity contribution in [1.29, 1.82) is 0 Å². The van der Waals surface area contributed by atoms with E-state index in [2.05, 4.69) is 0 Å². The lowest BCUT2D eigenvalue weighted by Gasteiger charge is -2.21. The molecule has 0 aliphatic carbocycles. The molecule has 0 saturated carbocycles. The van der Waals surface area contributed by atoms with E-state index in [-0.39, 0.29) is 28.1 Å². The van der Waals surface area contributed by atoms with Crippen LogP contribution in [0.1, 0.15) is 29.8 Å². The third-order valence-electron chi connectivity index (χ3n) is 3.77. The van der Waals surface area contributed by atoms with E-state index in [0.29, 0.717) is 0 Å². The number of ether oxygens (including phenoxy) is 1. The molecule has 0 amide bonds. The van der Waals surface area contributed by atoms with Gasteiger partial charge in [-0.1, -0.05) is 41.9 Å². The summed E-state index contributed by atoms with van der Waals surface area (Å²) >= 11 is 6.06. The zero-order chi connectivity index (χ0) is 18.6. The van der Waals surface area contributed by atoms with Gasteiger partial charge in [-0.25, -0.2) is 13.2 Å². The fourth-order valence-corrected chi connectivity index (χ4v) is 3.66. The van der Waals surface area contributed by atoms with Gasteiger partial charge in [0.05, 0.1) is 15.5 Å². The summed E-state index contributed by atoms with van der Waals surface area (Å²) in [6.45, 7) is 3.61. The molecule has 5 nitrogen and oxygen atoms in total. The Kier molecular flexibility index (Phi) is 6.21. The smallest absolute Gasteiger partial charge is 0.340 e. The lowest BCUT2D eigenvalue weighted by molar-refractivity contribution is 0.0472. The molecule has 0 fully saturated rings. The minimum Gasteiger partial charge on any atom is -0.457 e. The average Bonchev–Trinajstić information content (AvgIpc) is 2.60. The van der Waals surface area contributed by atoms with Gasteiger partial charge in [-0.3, -0.25) is 0 Å². The van der Waals surface area contributed by atoms with Gasteiger partial charge in [0.2, 0.25) is 10.0 Å². The second-order valence-electron chi connectivity index (χ2n) is 5.82. The molecular weight excluding hydrogens is 362 g/mol. The van der Waals surface area contributed by atoms with Gasteiger partial charge in [-0.15, -0.1) is 0 Å². The molecule has 0 saturated heterocycles. The van der Waals surface area contributed by atoms with E-state index >= 15 is 0 Å². The van der Waals surface area contributed by atoms with E-state index in [1.807, 2.05) is 30.3 Å². The molecule has 134 valence electrons. The molecular formula is C18H20ClNO4S. The summed E-state index contributed by atoms with van der Waals surface area (Å²) in [4.78, 5) is 12.3. The number of carbonyl (C=O) groups is 1. The van der Waals surface area contributed by atoms with Crippen molar-refractivity contribution in [2.75, 3.05) is 7.05 Å². The van der Waals surface area contributed by atoms with Crippen LogP contribution in [0, 0.1) is 0 Å². The van der Waals surface area contributed by atoms with Crippen molar-refractivity contribution in [2.45, 2.75) is 31.4 Å². The number of halogens is 1. The van der Waals surface area contributed by atoms with Crippen LogP contribution in [0.25, 0.3) is 0 Å². The quantitative estimate of drug-likeness (QED) is 0.715. The number of sulfonamides is 1. The third-order valence-corrected chi connectivity index (χ3v) is 6.13. The van der Waals surface area contributed by atoms with Crippen LogP contribution in [0.5, 0.6) is 0 Å². The maximum Gasteiger partial charge on any atom is 0.340 e. The van der Waals surface area contributed by atoms with E-state index in [1.54, 1.807) is 13.8 Å². The molecule has 0 unspecified atom stereocenters. The van der Waals surface area contributed by atoms with E-state index in [0.717, 1.165) is 5.56 Å². The van der Waals surface area contributed by atoms with Gasteiger partial charge in [0, 0.05) is 13.1 Å². The highest BCUT2D eigenvalue weighted by Gasteiger charge is 2.25. The molecule has 0 radical (unpaired) electrons. The number of benzene rings is 2. The van der Waals surface area contributed by atoms with Gasteiger partial charge >= 0.3 is 5.97 Å². The van der Waals surface area contributed by atoms with Crippen LogP contribution in [0.2, 0.25) is 5.02 Å². The predicted molar refractivity (Wildman–Crippen MR) is 97.1 cm³/mol. The predicted octanol–water partition coefficient (Wildman–Crippen LogP) is 3.73. The van der Waals surface area contributed by atoms with Crippen molar-refractivity contribution in [1.82, 2.24) is 4.31 Å². The molecule has 25 heavy (non-hydrogen) atoms. The second-order valence-corrected chi connectivity index (χ2v) is 8.22. The highest BCUT2D eigenvalue weighted by atomic mass is 35.5. The van der Waals surface area contributed by atoms with Crippen LogP contribution in [-0.2, 0) is 21.4 Å². The normalized spacial score (nSPS) is 11.8. The molecule has 0 aromatic heterocycles. The Bertz CT molecular complexity index is 851. The van der Waals surface area contributed by atoms with Gasteiger partial charge in [0.25, 0.3) is 0 Å². The van der Waals surface area contributed by atoms with Crippen LogP contribution in [0.4, 0.5) is 0 Å². The maximum atomic E-state index is 12.6. The van der Waals surface area contributed by atoms with E-state index in [9.17, 15) is 13.2 Å². The molecule has 2 rings (SSSR count). The van der Waals surface area contributed by atoms with Crippen molar-refractivity contribution < 1.29 is 17.9 Å². The van der Waals surface area contributed by atoms with Gasteiger partial charge in [0.1, 0.15) is 6.61 Å². The minimum absolute atomic E-state index is 0.000221. The second kappa shape index (κ2) is 7.99. The Labute approximate surface area is 153 Å². The van der Waals surface area contributed by atoms with Crippen LogP contribution in [-0.4, -0.2) is 31.8 Å². The lowest BCUT2D eigenvalue weighted by Crippen LogP contribution is -2.33. The summed E-state index contributed by atoms with van der Waals surface area (Å²) in [5.41, 5.74) is 0.853. The highest BCUT2D eigenvalue weighted by molar-refractivity contribution is 7.89. The SMILES string of the molecule is CC(C)N(C)S(=O)(=O)c1ccc(Cl)c(C(=O)OCc2ccccc2)c1. The van der Waals surface area contributed by atoms with Crippen LogP contribution in [0.3, 0.4) is 0 Å². The molecule has 2 aromatic carbocycles. The minimum atomic E-state index is -3.71. The van der Waals surface area contributed by atoms with E-state index in [1.165, 1.54) is 29.6 Å². The Morgan fingerprint density at radius 3 is 2.40 bits per heavy atom. The average molecular weight is 382 g/mol. The van der Waals surface area contributed by atoms with Gasteiger partial charge in [0.15, 0.2) is 0 Å².